The van der Waals surface area contributed by atoms with Crippen molar-refractivity contribution in [3.05, 3.63) is 12.2 Å². The molecule has 1 aromatic heterocycles. The number of guanidine groups is 1. The van der Waals surface area contributed by atoms with Crippen LogP contribution in [0.1, 0.15) is 44.9 Å². The van der Waals surface area contributed by atoms with Crippen molar-refractivity contribution in [2.45, 2.75) is 58.0 Å². The fraction of sp³-hybridized carbons (Fsp3) is 0.833. The zero-order chi connectivity index (χ0) is 17.5. The molecule has 1 saturated carbocycles. The van der Waals surface area contributed by atoms with Gasteiger partial charge < -0.3 is 20.1 Å². The molecule has 0 aromatic carbocycles. The van der Waals surface area contributed by atoms with Crippen molar-refractivity contribution in [2.75, 3.05) is 33.2 Å². The van der Waals surface area contributed by atoms with Crippen molar-refractivity contribution < 1.29 is 0 Å². The Hall–Kier alpha value is -0.900. The first-order chi connectivity index (χ1) is 12.3. The van der Waals surface area contributed by atoms with Crippen molar-refractivity contribution >= 4 is 29.9 Å². The van der Waals surface area contributed by atoms with Crippen LogP contribution in [0, 0.1) is 5.92 Å². The van der Waals surface area contributed by atoms with E-state index in [-0.39, 0.29) is 24.0 Å². The molecule has 2 N–H and O–H groups in total. The van der Waals surface area contributed by atoms with Crippen molar-refractivity contribution in [3.63, 3.8) is 0 Å². The number of aromatic nitrogens is 3. The van der Waals surface area contributed by atoms with E-state index in [1.54, 1.807) is 6.33 Å². The Morgan fingerprint density at radius 2 is 2.12 bits per heavy atom. The van der Waals surface area contributed by atoms with Crippen LogP contribution in [0.25, 0.3) is 0 Å². The molecule has 2 heterocycles. The second kappa shape index (κ2) is 11.1. The molecule has 2 fully saturated rings. The quantitative estimate of drug-likeness (QED) is 0.358. The summed E-state index contributed by atoms with van der Waals surface area (Å²) in [6.07, 6.45) is 9.65. The van der Waals surface area contributed by atoms with E-state index in [2.05, 4.69) is 42.2 Å². The van der Waals surface area contributed by atoms with Gasteiger partial charge in [-0.1, -0.05) is 19.8 Å². The minimum absolute atomic E-state index is 0. The average molecular weight is 475 g/mol. The summed E-state index contributed by atoms with van der Waals surface area (Å²) in [4.78, 5) is 7.01. The van der Waals surface area contributed by atoms with Crippen LogP contribution in [0.3, 0.4) is 0 Å². The molecule has 0 bridgehead atoms. The summed E-state index contributed by atoms with van der Waals surface area (Å²) < 4.78 is 2.10. The summed E-state index contributed by atoms with van der Waals surface area (Å²) >= 11 is 0. The van der Waals surface area contributed by atoms with Crippen molar-refractivity contribution in [1.29, 1.82) is 0 Å². The van der Waals surface area contributed by atoms with Gasteiger partial charge in [-0.15, -0.1) is 34.2 Å². The Kier molecular flexibility index (Phi) is 9.10. The molecule has 148 valence electrons. The zero-order valence-electron chi connectivity index (χ0n) is 16.2. The van der Waals surface area contributed by atoms with Gasteiger partial charge in [0.25, 0.3) is 0 Å². The monoisotopic (exact) mass is 475 g/mol. The van der Waals surface area contributed by atoms with E-state index in [1.165, 1.54) is 45.2 Å². The van der Waals surface area contributed by atoms with Crippen LogP contribution in [0.2, 0.25) is 0 Å². The normalized spacial score (nSPS) is 21.8. The first-order valence-corrected chi connectivity index (χ1v) is 9.84. The first-order valence-electron chi connectivity index (χ1n) is 9.84. The fourth-order valence-corrected chi connectivity index (χ4v) is 4.10. The molecule has 1 atom stereocenters. The van der Waals surface area contributed by atoms with Gasteiger partial charge in [-0.25, -0.2) is 0 Å². The molecule has 2 aliphatic rings. The Balaban J connectivity index is 0.00000243. The summed E-state index contributed by atoms with van der Waals surface area (Å²) in [6, 6.07) is 0.508. The first kappa shape index (κ1) is 21.4. The summed E-state index contributed by atoms with van der Waals surface area (Å²) in [7, 11) is 1.84. The van der Waals surface area contributed by atoms with Crippen molar-refractivity contribution in [1.82, 2.24) is 30.3 Å². The van der Waals surface area contributed by atoms with Crippen LogP contribution in [-0.4, -0.2) is 64.9 Å². The maximum Gasteiger partial charge on any atom is 0.191 e. The predicted octanol–water partition coefficient (Wildman–Crippen LogP) is 1.89. The molecule has 0 radical (unpaired) electrons. The lowest BCUT2D eigenvalue weighted by Crippen LogP contribution is -2.45. The number of rotatable bonds is 7. The lowest BCUT2D eigenvalue weighted by atomic mass is 10.1. The molecule has 8 heteroatoms. The highest BCUT2D eigenvalue weighted by Gasteiger charge is 2.26. The molecule has 1 aliphatic heterocycles. The van der Waals surface area contributed by atoms with Crippen LogP contribution in [0.15, 0.2) is 11.3 Å². The Labute approximate surface area is 174 Å². The molecule has 1 unspecified atom stereocenters. The topological polar surface area (TPSA) is 70.4 Å². The Bertz CT molecular complexity index is 553. The van der Waals surface area contributed by atoms with E-state index in [4.69, 9.17) is 0 Å². The third-order valence-electron chi connectivity index (χ3n) is 5.49. The summed E-state index contributed by atoms with van der Waals surface area (Å²) in [6.45, 7) is 7.43. The van der Waals surface area contributed by atoms with Crippen LogP contribution >= 0.6 is 24.0 Å². The summed E-state index contributed by atoms with van der Waals surface area (Å²) in [5.41, 5.74) is 0. The van der Waals surface area contributed by atoms with Crippen molar-refractivity contribution in [2.24, 2.45) is 10.9 Å². The lowest BCUT2D eigenvalue weighted by molar-refractivity contribution is 0.275. The largest absolute Gasteiger partial charge is 0.355 e. The molecule has 1 saturated heterocycles. The van der Waals surface area contributed by atoms with Gasteiger partial charge >= 0.3 is 0 Å². The van der Waals surface area contributed by atoms with Gasteiger partial charge in [0.05, 0.1) is 0 Å². The minimum Gasteiger partial charge on any atom is -0.355 e. The molecular formula is C18H34IN7. The molecule has 0 spiro atoms. The van der Waals surface area contributed by atoms with Gasteiger partial charge in [0, 0.05) is 52.2 Å². The van der Waals surface area contributed by atoms with E-state index in [0.717, 1.165) is 43.8 Å². The summed E-state index contributed by atoms with van der Waals surface area (Å²) in [5, 5.41) is 15.1. The molecule has 3 rings (SSSR count). The molecule has 7 nitrogen and oxygen atoms in total. The third-order valence-corrected chi connectivity index (χ3v) is 5.49. The number of hydrogen-bond acceptors (Lipinski definition) is 4. The van der Waals surface area contributed by atoms with Crippen LogP contribution in [-0.2, 0) is 13.0 Å². The van der Waals surface area contributed by atoms with Gasteiger partial charge in [0.2, 0.25) is 0 Å². The predicted molar refractivity (Wildman–Crippen MR) is 116 cm³/mol. The van der Waals surface area contributed by atoms with Gasteiger partial charge in [-0.3, -0.25) is 4.99 Å². The van der Waals surface area contributed by atoms with E-state index >= 15 is 0 Å². The average Bonchev–Trinajstić information content (AvgIpc) is 3.36. The minimum atomic E-state index is 0. The van der Waals surface area contributed by atoms with Crippen LogP contribution < -0.4 is 10.6 Å². The highest BCUT2D eigenvalue weighted by atomic mass is 127. The lowest BCUT2D eigenvalue weighted by Gasteiger charge is -2.21. The number of aryl methyl sites for hydroxylation is 1. The fourth-order valence-electron chi connectivity index (χ4n) is 4.10. The highest BCUT2D eigenvalue weighted by Crippen LogP contribution is 2.26. The number of aliphatic imine (C=N–C) groups is 1. The smallest absolute Gasteiger partial charge is 0.191 e. The number of hydrogen-bond donors (Lipinski definition) is 2. The van der Waals surface area contributed by atoms with Gasteiger partial charge in [-0.05, 0) is 25.2 Å². The van der Waals surface area contributed by atoms with Crippen molar-refractivity contribution in [3.8, 4) is 0 Å². The van der Waals surface area contributed by atoms with Gasteiger partial charge in [0.15, 0.2) is 5.96 Å². The van der Waals surface area contributed by atoms with Crippen LogP contribution in [0.4, 0.5) is 0 Å². The summed E-state index contributed by atoms with van der Waals surface area (Å²) in [5.74, 6) is 2.87. The van der Waals surface area contributed by atoms with E-state index in [9.17, 15) is 0 Å². The Morgan fingerprint density at radius 1 is 1.31 bits per heavy atom. The maximum atomic E-state index is 4.38. The molecule has 1 aromatic rings. The SMILES string of the molecule is CCc1nncn1CCNC(=NC)NC1CCN(CC2CCCC2)C1.I. The second-order valence-electron chi connectivity index (χ2n) is 7.33. The molecule has 26 heavy (non-hydrogen) atoms. The third kappa shape index (κ3) is 6.07. The number of nitrogens with one attached hydrogen (secondary N) is 2. The highest BCUT2D eigenvalue weighted by molar-refractivity contribution is 14.0. The number of nitrogens with zero attached hydrogens (tertiary/aromatic N) is 5. The molecular weight excluding hydrogens is 441 g/mol. The van der Waals surface area contributed by atoms with Crippen LogP contribution in [0.5, 0.6) is 0 Å². The van der Waals surface area contributed by atoms with E-state index in [0.29, 0.717) is 6.04 Å². The van der Waals surface area contributed by atoms with E-state index in [1.807, 2.05) is 7.05 Å². The standard InChI is InChI=1S/C18H33N7.HI/c1-3-17-23-21-14-25(17)11-9-20-18(19-2)22-16-8-10-24(13-16)12-15-6-4-5-7-15;/h14-16H,3-13H2,1-2H3,(H2,19,20,22);1H. The molecule has 1 aliphatic carbocycles. The number of likely N-dealkylation sites (tertiary alicyclic amines) is 1. The zero-order valence-corrected chi connectivity index (χ0v) is 18.5. The Morgan fingerprint density at radius 3 is 2.85 bits per heavy atom. The van der Waals surface area contributed by atoms with E-state index < -0.39 is 0 Å². The second-order valence-corrected chi connectivity index (χ2v) is 7.33. The van der Waals surface area contributed by atoms with Gasteiger partial charge in [-0.2, -0.15) is 0 Å². The molecule has 0 amide bonds. The number of halogens is 1. The maximum absolute atomic E-state index is 4.38. The van der Waals surface area contributed by atoms with Gasteiger partial charge in [0.1, 0.15) is 12.2 Å².